The van der Waals surface area contributed by atoms with E-state index in [-0.39, 0.29) is 5.75 Å². The van der Waals surface area contributed by atoms with Crippen LogP contribution in [0.15, 0.2) is 30.5 Å². The molecule has 0 atom stereocenters. The fourth-order valence-corrected chi connectivity index (χ4v) is 4.34. The molecule has 1 fully saturated rings. The minimum atomic E-state index is -3.06. The maximum atomic E-state index is 12.1. The van der Waals surface area contributed by atoms with Gasteiger partial charge in [0.2, 0.25) is 10.0 Å². The van der Waals surface area contributed by atoms with Crippen LogP contribution in [0, 0.1) is 0 Å². The van der Waals surface area contributed by atoms with Gasteiger partial charge in [-0.1, -0.05) is 13.0 Å². The number of aromatic nitrogens is 2. The zero-order valence-electron chi connectivity index (χ0n) is 12.9. The third-order valence-electron chi connectivity index (χ3n) is 3.99. The van der Waals surface area contributed by atoms with E-state index in [2.05, 4.69) is 16.1 Å². The number of hydrogen-bond acceptors (Lipinski definition) is 4. The van der Waals surface area contributed by atoms with Gasteiger partial charge in [0, 0.05) is 38.9 Å². The average Bonchev–Trinajstić information content (AvgIpc) is 2.90. The van der Waals surface area contributed by atoms with E-state index in [4.69, 9.17) is 0 Å². The molecule has 6 nitrogen and oxygen atoms in total. The Hall–Kier alpha value is -1.44. The van der Waals surface area contributed by atoms with Crippen LogP contribution in [0.25, 0.3) is 5.52 Å². The van der Waals surface area contributed by atoms with Crippen LogP contribution in [-0.2, 0) is 16.6 Å². The summed E-state index contributed by atoms with van der Waals surface area (Å²) in [5, 5.41) is 4.55. The molecule has 2 aromatic rings. The predicted octanol–water partition coefficient (Wildman–Crippen LogP) is 1.19. The maximum Gasteiger partial charge on any atom is 0.214 e. The highest BCUT2D eigenvalue weighted by Crippen LogP contribution is 2.13. The van der Waals surface area contributed by atoms with Gasteiger partial charge in [-0.2, -0.15) is 9.40 Å². The first-order valence-electron chi connectivity index (χ1n) is 7.72. The Bertz CT molecular complexity index is 700. The minimum absolute atomic E-state index is 0.249. The highest BCUT2D eigenvalue weighted by atomic mass is 32.2. The minimum Gasteiger partial charge on any atom is -0.295 e. The molecule has 2 aromatic heterocycles. The quantitative estimate of drug-likeness (QED) is 0.830. The lowest BCUT2D eigenvalue weighted by Gasteiger charge is -2.33. The van der Waals surface area contributed by atoms with E-state index in [0.29, 0.717) is 19.5 Å². The van der Waals surface area contributed by atoms with Gasteiger partial charge in [-0.25, -0.2) is 12.9 Å². The van der Waals surface area contributed by atoms with Crippen LogP contribution in [-0.4, -0.2) is 59.2 Å². The van der Waals surface area contributed by atoms with Crippen molar-refractivity contribution in [2.75, 3.05) is 31.9 Å². The van der Waals surface area contributed by atoms with Crippen LogP contribution >= 0.6 is 0 Å². The van der Waals surface area contributed by atoms with Gasteiger partial charge in [-0.15, -0.1) is 0 Å². The third kappa shape index (κ3) is 3.31. The molecule has 22 heavy (non-hydrogen) atoms. The van der Waals surface area contributed by atoms with Crippen molar-refractivity contribution in [2.24, 2.45) is 0 Å². The fourth-order valence-electron chi connectivity index (χ4n) is 2.85. The van der Waals surface area contributed by atoms with Crippen LogP contribution in [0.4, 0.5) is 0 Å². The van der Waals surface area contributed by atoms with E-state index in [9.17, 15) is 8.42 Å². The van der Waals surface area contributed by atoms with Crippen molar-refractivity contribution in [3.63, 3.8) is 0 Å². The molecule has 0 amide bonds. The molecule has 1 aliphatic rings. The van der Waals surface area contributed by atoms with Gasteiger partial charge < -0.3 is 0 Å². The van der Waals surface area contributed by atoms with Gasteiger partial charge in [0.25, 0.3) is 0 Å². The summed E-state index contributed by atoms with van der Waals surface area (Å²) in [6, 6.07) is 8.07. The monoisotopic (exact) mass is 322 g/mol. The topological polar surface area (TPSA) is 57.9 Å². The number of sulfonamides is 1. The van der Waals surface area contributed by atoms with Crippen molar-refractivity contribution in [3.05, 3.63) is 36.2 Å². The van der Waals surface area contributed by atoms with Gasteiger partial charge in [0.1, 0.15) is 0 Å². The maximum absolute atomic E-state index is 12.1. The summed E-state index contributed by atoms with van der Waals surface area (Å²) in [5.74, 6) is 0.249. The molecule has 0 aromatic carbocycles. The Labute approximate surface area is 131 Å². The molecule has 3 rings (SSSR count). The van der Waals surface area contributed by atoms with Crippen molar-refractivity contribution in [1.29, 1.82) is 0 Å². The first kappa shape index (κ1) is 15.5. The van der Waals surface area contributed by atoms with Crippen LogP contribution < -0.4 is 0 Å². The standard InChI is InChI=1S/C15H22N4O2S/c1-2-11-22(20,21)18-9-7-17(8-10-18)13-14-12-15-5-3-4-6-19(15)16-14/h3-6,12H,2,7-11,13H2,1H3. The number of piperazine rings is 1. The molecule has 3 heterocycles. The highest BCUT2D eigenvalue weighted by Gasteiger charge is 2.26. The first-order valence-corrected chi connectivity index (χ1v) is 9.33. The summed E-state index contributed by atoms with van der Waals surface area (Å²) in [5.41, 5.74) is 2.11. The molecule has 0 spiro atoms. The SMILES string of the molecule is CCCS(=O)(=O)N1CCN(Cc2cc3ccccn3n2)CC1. The molecule has 1 saturated heterocycles. The largest absolute Gasteiger partial charge is 0.295 e. The normalized spacial score (nSPS) is 18.0. The molecule has 0 radical (unpaired) electrons. The van der Waals surface area contributed by atoms with E-state index >= 15 is 0 Å². The van der Waals surface area contributed by atoms with Crippen LogP contribution in [0.2, 0.25) is 0 Å². The molecular weight excluding hydrogens is 300 g/mol. The Morgan fingerprint density at radius 1 is 1.18 bits per heavy atom. The highest BCUT2D eigenvalue weighted by molar-refractivity contribution is 7.89. The van der Waals surface area contributed by atoms with Gasteiger partial charge in [-0.3, -0.25) is 4.90 Å². The first-order chi connectivity index (χ1) is 10.6. The Morgan fingerprint density at radius 2 is 1.95 bits per heavy atom. The van der Waals surface area contributed by atoms with E-state index in [1.165, 1.54) is 0 Å². The second-order valence-electron chi connectivity index (χ2n) is 5.70. The molecule has 7 heteroatoms. The lowest BCUT2D eigenvalue weighted by Crippen LogP contribution is -2.48. The number of nitrogens with zero attached hydrogens (tertiary/aromatic N) is 4. The third-order valence-corrected chi connectivity index (χ3v) is 6.07. The molecule has 120 valence electrons. The van der Waals surface area contributed by atoms with E-state index in [0.717, 1.165) is 30.8 Å². The summed E-state index contributed by atoms with van der Waals surface area (Å²) in [6.07, 6.45) is 2.61. The Kier molecular flexibility index (Phi) is 4.46. The lowest BCUT2D eigenvalue weighted by molar-refractivity contribution is 0.180. The Balaban J connectivity index is 1.60. The summed E-state index contributed by atoms with van der Waals surface area (Å²) >= 11 is 0. The number of pyridine rings is 1. The van der Waals surface area contributed by atoms with Crippen LogP contribution in [0.3, 0.4) is 0 Å². The zero-order chi connectivity index (χ0) is 15.6. The van der Waals surface area contributed by atoms with Crippen molar-refractivity contribution >= 4 is 15.5 Å². The second kappa shape index (κ2) is 6.36. The zero-order valence-corrected chi connectivity index (χ0v) is 13.7. The molecule has 1 aliphatic heterocycles. The number of rotatable bonds is 5. The molecule has 0 unspecified atom stereocenters. The van der Waals surface area contributed by atoms with E-state index in [1.54, 1.807) is 4.31 Å². The van der Waals surface area contributed by atoms with Crippen LogP contribution in [0.5, 0.6) is 0 Å². The summed E-state index contributed by atoms with van der Waals surface area (Å²) in [4.78, 5) is 2.26. The summed E-state index contributed by atoms with van der Waals surface area (Å²) in [7, 11) is -3.06. The smallest absolute Gasteiger partial charge is 0.214 e. The van der Waals surface area contributed by atoms with Gasteiger partial charge in [0.05, 0.1) is 17.0 Å². The van der Waals surface area contributed by atoms with Crippen molar-refractivity contribution < 1.29 is 8.42 Å². The van der Waals surface area contributed by atoms with E-state index in [1.807, 2.05) is 35.8 Å². The van der Waals surface area contributed by atoms with E-state index < -0.39 is 10.0 Å². The van der Waals surface area contributed by atoms with Crippen molar-refractivity contribution in [3.8, 4) is 0 Å². The van der Waals surface area contributed by atoms with Gasteiger partial charge >= 0.3 is 0 Å². The lowest BCUT2D eigenvalue weighted by atomic mass is 10.3. The fraction of sp³-hybridized carbons (Fsp3) is 0.533. The molecule has 0 saturated carbocycles. The molecule has 0 aliphatic carbocycles. The summed E-state index contributed by atoms with van der Waals surface area (Å²) < 4.78 is 27.6. The molecule has 0 N–H and O–H groups in total. The van der Waals surface area contributed by atoms with Gasteiger partial charge in [0.15, 0.2) is 0 Å². The Morgan fingerprint density at radius 3 is 2.64 bits per heavy atom. The second-order valence-corrected chi connectivity index (χ2v) is 7.79. The van der Waals surface area contributed by atoms with Crippen molar-refractivity contribution in [1.82, 2.24) is 18.8 Å². The number of fused-ring (bicyclic) bond motifs is 1. The average molecular weight is 322 g/mol. The summed E-state index contributed by atoms with van der Waals surface area (Å²) in [6.45, 7) is 5.35. The predicted molar refractivity (Wildman–Crippen MR) is 86.1 cm³/mol. The number of hydrogen-bond donors (Lipinski definition) is 0. The van der Waals surface area contributed by atoms with Crippen molar-refractivity contribution in [2.45, 2.75) is 19.9 Å². The van der Waals surface area contributed by atoms with Crippen LogP contribution in [0.1, 0.15) is 19.0 Å². The molecule has 0 bridgehead atoms. The van der Waals surface area contributed by atoms with Gasteiger partial charge in [-0.05, 0) is 24.6 Å². The molecular formula is C15H22N4O2S.